The number of carbonyl (C=O) groups is 1. The summed E-state index contributed by atoms with van der Waals surface area (Å²) in [5.41, 5.74) is 0.295. The number of hydrogen-bond acceptors (Lipinski definition) is 5. The topological polar surface area (TPSA) is 76.4 Å². The summed E-state index contributed by atoms with van der Waals surface area (Å²) < 4.78 is 11.0. The van der Waals surface area contributed by atoms with Gasteiger partial charge in [0.05, 0.1) is 17.7 Å². The van der Waals surface area contributed by atoms with Gasteiger partial charge in [-0.3, -0.25) is 4.79 Å². The van der Waals surface area contributed by atoms with Gasteiger partial charge < -0.3 is 19.9 Å². The van der Waals surface area contributed by atoms with Gasteiger partial charge >= 0.3 is 0 Å². The minimum absolute atomic E-state index is 0.119. The van der Waals surface area contributed by atoms with E-state index in [1.54, 1.807) is 0 Å². The molecule has 3 heterocycles. The van der Waals surface area contributed by atoms with E-state index in [-0.39, 0.29) is 11.4 Å². The Kier molecular flexibility index (Phi) is 5.49. The summed E-state index contributed by atoms with van der Waals surface area (Å²) >= 11 is 0. The molecule has 0 aromatic carbocycles. The van der Waals surface area contributed by atoms with Crippen LogP contribution < -0.4 is 10.6 Å². The average Bonchev–Trinajstić information content (AvgIpc) is 3.26. The second kappa shape index (κ2) is 7.46. The van der Waals surface area contributed by atoms with Gasteiger partial charge in [0.15, 0.2) is 0 Å². The molecule has 25 heavy (non-hydrogen) atoms. The van der Waals surface area contributed by atoms with E-state index >= 15 is 0 Å². The van der Waals surface area contributed by atoms with Crippen molar-refractivity contribution in [1.29, 1.82) is 0 Å². The molecule has 2 N–H and O–H groups in total. The number of ether oxygens (including phenoxy) is 1. The Morgan fingerprint density at radius 3 is 3.00 bits per heavy atom. The maximum Gasteiger partial charge on any atom is 0.228 e. The molecule has 0 saturated carbocycles. The zero-order chi connectivity index (χ0) is 17.9. The smallest absolute Gasteiger partial charge is 0.228 e. The quantitative estimate of drug-likeness (QED) is 0.825. The molecule has 0 bridgehead atoms. The van der Waals surface area contributed by atoms with E-state index in [4.69, 9.17) is 9.26 Å². The number of carbonyl (C=O) groups excluding carboxylic acids is 1. The highest BCUT2D eigenvalue weighted by atomic mass is 16.5. The molecule has 0 spiro atoms. The molecular formula is C19H31N3O3. The number of nitrogens with zero attached hydrogens (tertiary/aromatic N) is 1. The summed E-state index contributed by atoms with van der Waals surface area (Å²) in [6, 6.07) is 2.02. The van der Waals surface area contributed by atoms with Crippen LogP contribution in [0.4, 0.5) is 0 Å². The molecule has 2 fully saturated rings. The minimum atomic E-state index is -0.465. The lowest BCUT2D eigenvalue weighted by atomic mass is 9.75. The molecular weight excluding hydrogens is 318 g/mol. The lowest BCUT2D eigenvalue weighted by Crippen LogP contribution is -2.56. The zero-order valence-corrected chi connectivity index (χ0v) is 15.7. The third-order valence-electron chi connectivity index (χ3n) is 5.73. The summed E-state index contributed by atoms with van der Waals surface area (Å²) in [7, 11) is 0. The Morgan fingerprint density at radius 2 is 2.36 bits per heavy atom. The summed E-state index contributed by atoms with van der Waals surface area (Å²) in [6.45, 7) is 9.38. The third kappa shape index (κ3) is 4.23. The molecule has 0 radical (unpaired) electrons. The van der Waals surface area contributed by atoms with Crippen LogP contribution >= 0.6 is 0 Å². The second-order valence-corrected chi connectivity index (χ2v) is 8.21. The molecule has 0 aliphatic carbocycles. The summed E-state index contributed by atoms with van der Waals surface area (Å²) in [5, 5.41) is 10.9. The maximum atomic E-state index is 13.1. The number of piperidine rings is 1. The van der Waals surface area contributed by atoms with Crippen molar-refractivity contribution in [2.75, 3.05) is 26.3 Å². The SMILES string of the molecule is CCC(C)(C)NC(=O)[C@]1(Cc2cc([C@H]3CCOC3)no2)CCCNC1. The number of aromatic nitrogens is 1. The molecule has 2 atom stereocenters. The van der Waals surface area contributed by atoms with Gasteiger partial charge in [0.1, 0.15) is 5.76 Å². The van der Waals surface area contributed by atoms with Crippen molar-refractivity contribution in [1.82, 2.24) is 15.8 Å². The minimum Gasteiger partial charge on any atom is -0.381 e. The van der Waals surface area contributed by atoms with Crippen LogP contribution in [0.15, 0.2) is 10.6 Å². The van der Waals surface area contributed by atoms with E-state index in [0.717, 1.165) is 50.3 Å². The van der Waals surface area contributed by atoms with Gasteiger partial charge in [-0.05, 0) is 46.1 Å². The van der Waals surface area contributed by atoms with Crippen molar-refractivity contribution in [3.63, 3.8) is 0 Å². The van der Waals surface area contributed by atoms with Crippen molar-refractivity contribution in [2.45, 2.75) is 64.3 Å². The van der Waals surface area contributed by atoms with Gasteiger partial charge in [-0.1, -0.05) is 12.1 Å². The van der Waals surface area contributed by atoms with Gasteiger partial charge in [-0.2, -0.15) is 0 Å². The highest BCUT2D eigenvalue weighted by Crippen LogP contribution is 2.33. The van der Waals surface area contributed by atoms with E-state index in [0.29, 0.717) is 25.5 Å². The fourth-order valence-corrected chi connectivity index (χ4v) is 3.63. The molecule has 1 amide bonds. The van der Waals surface area contributed by atoms with Gasteiger partial charge in [0.25, 0.3) is 0 Å². The van der Waals surface area contributed by atoms with E-state index in [2.05, 4.69) is 36.6 Å². The maximum absolute atomic E-state index is 13.1. The highest BCUT2D eigenvalue weighted by molar-refractivity contribution is 5.84. The largest absolute Gasteiger partial charge is 0.381 e. The number of amides is 1. The predicted octanol–water partition coefficient (Wildman–Crippen LogP) is 2.40. The van der Waals surface area contributed by atoms with Gasteiger partial charge in [0.2, 0.25) is 5.91 Å². The molecule has 0 unspecified atom stereocenters. The van der Waals surface area contributed by atoms with Gasteiger partial charge in [-0.25, -0.2) is 0 Å². The summed E-state index contributed by atoms with van der Waals surface area (Å²) in [6.07, 6.45) is 4.35. The first-order valence-corrected chi connectivity index (χ1v) is 9.51. The van der Waals surface area contributed by atoms with Crippen LogP contribution in [0.5, 0.6) is 0 Å². The normalized spacial score (nSPS) is 27.4. The summed E-state index contributed by atoms with van der Waals surface area (Å²) in [4.78, 5) is 13.1. The Hall–Kier alpha value is -1.40. The molecule has 2 aliphatic rings. The Labute approximate surface area is 150 Å². The van der Waals surface area contributed by atoms with Crippen molar-refractivity contribution in [3.8, 4) is 0 Å². The second-order valence-electron chi connectivity index (χ2n) is 8.21. The van der Waals surface area contributed by atoms with Gasteiger partial charge in [0, 0.05) is 37.1 Å². The van der Waals surface area contributed by atoms with E-state index in [1.165, 1.54) is 0 Å². The Bertz CT molecular complexity index is 584. The first-order valence-electron chi connectivity index (χ1n) is 9.51. The summed E-state index contributed by atoms with van der Waals surface area (Å²) in [5.74, 6) is 1.24. The number of hydrogen-bond donors (Lipinski definition) is 2. The number of rotatable bonds is 6. The molecule has 3 rings (SSSR count). The van der Waals surface area contributed by atoms with Crippen LogP contribution in [0.2, 0.25) is 0 Å². The third-order valence-corrected chi connectivity index (χ3v) is 5.73. The first kappa shape index (κ1) is 18.4. The van der Waals surface area contributed by atoms with Crippen LogP contribution in [-0.2, 0) is 16.0 Å². The fourth-order valence-electron chi connectivity index (χ4n) is 3.63. The van der Waals surface area contributed by atoms with Crippen molar-refractivity contribution in [3.05, 3.63) is 17.5 Å². The van der Waals surface area contributed by atoms with Crippen molar-refractivity contribution < 1.29 is 14.1 Å². The predicted molar refractivity (Wildman–Crippen MR) is 95.4 cm³/mol. The highest BCUT2D eigenvalue weighted by Gasteiger charge is 2.42. The average molecular weight is 349 g/mol. The lowest BCUT2D eigenvalue weighted by molar-refractivity contribution is -0.134. The monoisotopic (exact) mass is 349 g/mol. The molecule has 2 aliphatic heterocycles. The molecule has 1 aromatic heterocycles. The number of nitrogens with one attached hydrogen (secondary N) is 2. The van der Waals surface area contributed by atoms with Crippen LogP contribution in [-0.4, -0.2) is 42.9 Å². The zero-order valence-electron chi connectivity index (χ0n) is 15.7. The molecule has 6 nitrogen and oxygen atoms in total. The molecule has 140 valence electrons. The van der Waals surface area contributed by atoms with Crippen molar-refractivity contribution >= 4 is 5.91 Å². The Morgan fingerprint density at radius 1 is 1.52 bits per heavy atom. The van der Waals surface area contributed by atoms with Gasteiger partial charge in [-0.15, -0.1) is 0 Å². The molecule has 6 heteroatoms. The van der Waals surface area contributed by atoms with Crippen LogP contribution in [0, 0.1) is 5.41 Å². The van der Waals surface area contributed by atoms with E-state index < -0.39 is 5.41 Å². The molecule has 2 saturated heterocycles. The van der Waals surface area contributed by atoms with Crippen molar-refractivity contribution in [2.24, 2.45) is 5.41 Å². The van der Waals surface area contributed by atoms with E-state index in [1.807, 2.05) is 6.07 Å². The van der Waals surface area contributed by atoms with E-state index in [9.17, 15) is 4.79 Å². The Balaban J connectivity index is 1.75. The lowest BCUT2D eigenvalue weighted by Gasteiger charge is -2.38. The van der Waals surface area contributed by atoms with Crippen LogP contribution in [0.1, 0.15) is 63.8 Å². The molecule has 1 aromatic rings. The van der Waals surface area contributed by atoms with Crippen LogP contribution in [0.3, 0.4) is 0 Å². The standard InChI is InChI=1S/C19H31N3O3/c1-4-18(2,3)21-17(23)19(7-5-8-20-13-19)11-15-10-16(22-25-15)14-6-9-24-12-14/h10,14,20H,4-9,11-13H2,1-3H3,(H,21,23)/t14-,19-/m0/s1. The first-order chi connectivity index (χ1) is 11.9. The van der Waals surface area contributed by atoms with Crippen LogP contribution in [0.25, 0.3) is 0 Å². The fraction of sp³-hybridized carbons (Fsp3) is 0.789.